The largest absolute Gasteiger partial charge is 0.378 e. The lowest BCUT2D eigenvalue weighted by atomic mass is 10.1. The van der Waals surface area contributed by atoms with Gasteiger partial charge in [0.05, 0.1) is 0 Å². The van der Waals surface area contributed by atoms with Crippen molar-refractivity contribution in [2.24, 2.45) is 0 Å². The third-order valence-electron chi connectivity index (χ3n) is 3.14. The zero-order valence-corrected chi connectivity index (χ0v) is 12.9. The summed E-state index contributed by atoms with van der Waals surface area (Å²) >= 11 is 2.33. The van der Waals surface area contributed by atoms with Gasteiger partial charge in [-0.1, -0.05) is 37.3 Å². The molecule has 2 heteroatoms. The van der Waals surface area contributed by atoms with E-state index in [1.165, 1.54) is 20.4 Å². The van der Waals surface area contributed by atoms with Crippen LogP contribution in [0.3, 0.4) is 0 Å². The molecule has 2 aromatic carbocycles. The average molecular weight is 351 g/mol. The maximum atomic E-state index is 3.59. The molecule has 1 nitrogen and oxygen atoms in total. The summed E-state index contributed by atoms with van der Waals surface area (Å²) in [5.74, 6) is 0. The molecule has 0 aliphatic heterocycles. The summed E-state index contributed by atoms with van der Waals surface area (Å²) in [5.41, 5.74) is 3.93. The molecule has 0 bridgehead atoms. The van der Waals surface area contributed by atoms with E-state index in [1.807, 2.05) is 0 Å². The number of benzene rings is 2. The minimum Gasteiger partial charge on any atom is -0.378 e. The zero-order valence-electron chi connectivity index (χ0n) is 10.8. The second-order valence-corrected chi connectivity index (χ2v) is 5.67. The summed E-state index contributed by atoms with van der Waals surface area (Å²) in [4.78, 5) is 0. The van der Waals surface area contributed by atoms with Gasteiger partial charge in [-0.15, -0.1) is 0 Å². The molecular weight excluding hydrogens is 333 g/mol. The highest BCUT2D eigenvalue weighted by Crippen LogP contribution is 2.23. The van der Waals surface area contributed by atoms with Gasteiger partial charge in [0.2, 0.25) is 0 Å². The van der Waals surface area contributed by atoms with E-state index in [0.717, 1.165) is 6.42 Å². The third-order valence-corrected chi connectivity index (χ3v) is 3.86. The lowest BCUT2D eigenvalue weighted by molar-refractivity contribution is 0.879. The van der Waals surface area contributed by atoms with Crippen molar-refractivity contribution in [2.75, 3.05) is 5.32 Å². The fourth-order valence-corrected chi connectivity index (χ4v) is 2.40. The molecule has 18 heavy (non-hydrogen) atoms. The summed E-state index contributed by atoms with van der Waals surface area (Å²) in [7, 11) is 0. The molecule has 2 rings (SSSR count). The first-order chi connectivity index (χ1) is 8.70. The Balaban J connectivity index is 2.15. The van der Waals surface area contributed by atoms with Crippen LogP contribution in [0.5, 0.6) is 0 Å². The highest BCUT2D eigenvalue weighted by molar-refractivity contribution is 14.1. The Hall–Kier alpha value is -1.03. The molecule has 0 aliphatic rings. The predicted octanol–water partition coefficient (Wildman–Crippen LogP) is 5.03. The molecule has 1 unspecified atom stereocenters. The highest BCUT2D eigenvalue weighted by Gasteiger charge is 2.07. The smallest absolute Gasteiger partial charge is 0.0485 e. The van der Waals surface area contributed by atoms with Gasteiger partial charge >= 0.3 is 0 Å². The molecule has 0 spiro atoms. The molecule has 1 N–H and O–H groups in total. The Kier molecular flexibility index (Phi) is 4.64. The van der Waals surface area contributed by atoms with Gasteiger partial charge in [0.15, 0.2) is 0 Å². The highest BCUT2D eigenvalue weighted by atomic mass is 127. The van der Waals surface area contributed by atoms with Crippen molar-refractivity contribution in [3.63, 3.8) is 0 Å². The van der Waals surface area contributed by atoms with E-state index < -0.39 is 0 Å². The van der Waals surface area contributed by atoms with Gasteiger partial charge in [0.1, 0.15) is 0 Å². The molecule has 0 saturated carbocycles. The fourth-order valence-electron chi connectivity index (χ4n) is 2.04. The Labute approximate surface area is 123 Å². The van der Waals surface area contributed by atoms with Gasteiger partial charge in [-0.05, 0) is 65.3 Å². The summed E-state index contributed by atoms with van der Waals surface area (Å²) in [6.45, 7) is 4.39. The quantitative estimate of drug-likeness (QED) is 0.762. The van der Waals surface area contributed by atoms with Crippen LogP contribution in [0.25, 0.3) is 0 Å². The topological polar surface area (TPSA) is 12.0 Å². The van der Waals surface area contributed by atoms with Gasteiger partial charge in [0, 0.05) is 15.3 Å². The molecule has 0 saturated heterocycles. The molecule has 0 radical (unpaired) electrons. The molecule has 1 atom stereocenters. The second-order valence-electron chi connectivity index (χ2n) is 4.43. The number of aryl methyl sites for hydroxylation is 1. The van der Waals surface area contributed by atoms with Crippen molar-refractivity contribution in [3.8, 4) is 0 Å². The molecule has 0 fully saturated rings. The van der Waals surface area contributed by atoms with Crippen molar-refractivity contribution in [1.82, 2.24) is 0 Å². The van der Waals surface area contributed by atoms with Crippen LogP contribution in [-0.4, -0.2) is 0 Å². The number of hydrogen-bond acceptors (Lipinski definition) is 1. The second kappa shape index (κ2) is 6.23. The Morgan fingerprint density at radius 1 is 1.06 bits per heavy atom. The normalized spacial score (nSPS) is 12.2. The molecule has 0 aromatic heterocycles. The van der Waals surface area contributed by atoms with E-state index in [-0.39, 0.29) is 0 Å². The summed E-state index contributed by atoms with van der Waals surface area (Å²) in [5, 5.41) is 3.59. The first kappa shape index (κ1) is 13.4. The first-order valence-corrected chi connectivity index (χ1v) is 7.38. The van der Waals surface area contributed by atoms with E-state index in [0.29, 0.717) is 6.04 Å². The Morgan fingerprint density at radius 3 is 2.39 bits per heavy atom. The monoisotopic (exact) mass is 351 g/mol. The van der Waals surface area contributed by atoms with Gasteiger partial charge in [-0.3, -0.25) is 0 Å². The lowest BCUT2D eigenvalue weighted by Crippen LogP contribution is -2.08. The van der Waals surface area contributed by atoms with Crippen LogP contribution in [0, 0.1) is 3.57 Å². The molecular formula is C16H18IN. The Bertz CT molecular complexity index is 505. The fraction of sp³-hybridized carbons (Fsp3) is 0.250. The Morgan fingerprint density at radius 2 is 1.72 bits per heavy atom. The summed E-state index contributed by atoms with van der Waals surface area (Å²) in [6.07, 6.45) is 1.06. The van der Waals surface area contributed by atoms with E-state index in [1.54, 1.807) is 0 Å². The summed E-state index contributed by atoms with van der Waals surface area (Å²) in [6, 6.07) is 17.5. The maximum absolute atomic E-state index is 3.59. The first-order valence-electron chi connectivity index (χ1n) is 6.30. The van der Waals surface area contributed by atoms with Gasteiger partial charge in [-0.25, -0.2) is 0 Å². The van der Waals surface area contributed by atoms with Crippen molar-refractivity contribution in [1.29, 1.82) is 0 Å². The van der Waals surface area contributed by atoms with Crippen LogP contribution in [0.15, 0.2) is 48.5 Å². The van der Waals surface area contributed by atoms with Crippen molar-refractivity contribution in [3.05, 3.63) is 63.2 Å². The third kappa shape index (κ3) is 3.25. The van der Waals surface area contributed by atoms with Crippen molar-refractivity contribution < 1.29 is 0 Å². The summed E-state index contributed by atoms with van der Waals surface area (Å²) < 4.78 is 1.28. The number of rotatable bonds is 4. The standard InChI is InChI=1S/C16H18IN/c1-3-13-6-4-5-7-16(13)18-12(2)14-8-10-15(17)11-9-14/h4-12,18H,3H2,1-2H3. The molecule has 0 aliphatic carbocycles. The van der Waals surface area contributed by atoms with Crippen LogP contribution in [0.2, 0.25) is 0 Å². The minimum absolute atomic E-state index is 0.328. The van der Waals surface area contributed by atoms with Crippen LogP contribution < -0.4 is 5.32 Å². The average Bonchev–Trinajstić information content (AvgIpc) is 2.40. The molecule has 0 heterocycles. The van der Waals surface area contributed by atoms with Crippen LogP contribution in [-0.2, 0) is 6.42 Å². The number of halogens is 1. The van der Waals surface area contributed by atoms with Crippen LogP contribution in [0.1, 0.15) is 31.0 Å². The zero-order chi connectivity index (χ0) is 13.0. The van der Waals surface area contributed by atoms with E-state index in [2.05, 4.69) is 90.3 Å². The van der Waals surface area contributed by atoms with E-state index >= 15 is 0 Å². The van der Waals surface area contributed by atoms with Crippen molar-refractivity contribution in [2.45, 2.75) is 26.3 Å². The van der Waals surface area contributed by atoms with Gasteiger partial charge < -0.3 is 5.32 Å². The molecule has 0 amide bonds. The number of hydrogen-bond donors (Lipinski definition) is 1. The molecule has 2 aromatic rings. The lowest BCUT2D eigenvalue weighted by Gasteiger charge is -2.18. The van der Waals surface area contributed by atoms with E-state index in [4.69, 9.17) is 0 Å². The number of nitrogens with one attached hydrogen (secondary N) is 1. The van der Waals surface area contributed by atoms with Gasteiger partial charge in [-0.2, -0.15) is 0 Å². The van der Waals surface area contributed by atoms with Crippen LogP contribution >= 0.6 is 22.6 Å². The van der Waals surface area contributed by atoms with Crippen LogP contribution in [0.4, 0.5) is 5.69 Å². The maximum Gasteiger partial charge on any atom is 0.0485 e. The predicted molar refractivity (Wildman–Crippen MR) is 87.0 cm³/mol. The number of anilines is 1. The van der Waals surface area contributed by atoms with Gasteiger partial charge in [0.25, 0.3) is 0 Å². The molecule has 94 valence electrons. The number of para-hydroxylation sites is 1. The van der Waals surface area contributed by atoms with E-state index in [9.17, 15) is 0 Å². The minimum atomic E-state index is 0.328. The van der Waals surface area contributed by atoms with Crippen molar-refractivity contribution >= 4 is 28.3 Å². The SMILES string of the molecule is CCc1ccccc1NC(C)c1ccc(I)cc1.